The molecule has 0 spiro atoms. The molecule has 4 N–H and O–H groups in total. The molecule has 3 aromatic heterocycles. The van der Waals surface area contributed by atoms with Crippen molar-refractivity contribution in [2.45, 2.75) is 0 Å². The molecule has 8 nitrogen and oxygen atoms in total. The number of aromatic nitrogens is 4. The Morgan fingerprint density at radius 3 is 2.85 bits per heavy atom. The zero-order valence-corrected chi connectivity index (χ0v) is 15.0. The van der Waals surface area contributed by atoms with Crippen molar-refractivity contribution in [3.63, 3.8) is 0 Å². The Bertz CT molecular complexity index is 841. The molecular weight excluding hydrogens is 356 g/mol. The summed E-state index contributed by atoms with van der Waals surface area (Å²) in [5, 5.41) is 4.47. The van der Waals surface area contributed by atoms with Crippen LogP contribution in [0.25, 0.3) is 22.3 Å². The second-order valence-electron chi connectivity index (χ2n) is 5.44. The van der Waals surface area contributed by atoms with Gasteiger partial charge in [0.25, 0.3) is 0 Å². The predicted molar refractivity (Wildman–Crippen MR) is 101 cm³/mol. The maximum absolute atomic E-state index is 6.15. The van der Waals surface area contributed by atoms with Gasteiger partial charge in [0.05, 0.1) is 32.1 Å². The Labute approximate surface area is 156 Å². The van der Waals surface area contributed by atoms with Gasteiger partial charge < -0.3 is 25.5 Å². The van der Waals surface area contributed by atoms with Gasteiger partial charge in [-0.25, -0.2) is 15.0 Å². The van der Waals surface area contributed by atoms with Crippen LogP contribution in [0, 0.1) is 0 Å². The minimum atomic E-state index is 0.367. The summed E-state index contributed by atoms with van der Waals surface area (Å²) in [6.45, 7) is 3.18. The van der Waals surface area contributed by atoms with Crippen molar-refractivity contribution in [3.05, 3.63) is 35.7 Å². The van der Waals surface area contributed by atoms with E-state index in [1.54, 1.807) is 12.3 Å². The highest BCUT2D eigenvalue weighted by molar-refractivity contribution is 6.29. The average molecular weight is 377 g/mol. The number of halogens is 1. The third-order valence-corrected chi connectivity index (χ3v) is 3.78. The molecule has 3 rings (SSSR count). The van der Waals surface area contributed by atoms with Crippen molar-refractivity contribution >= 4 is 28.6 Å². The van der Waals surface area contributed by atoms with Crippen LogP contribution in [0.15, 0.2) is 30.6 Å². The second-order valence-corrected chi connectivity index (χ2v) is 5.83. The summed E-state index contributed by atoms with van der Waals surface area (Å²) in [6.07, 6.45) is 3.61. The third-order valence-electron chi connectivity index (χ3n) is 3.59. The van der Waals surface area contributed by atoms with Gasteiger partial charge in [0.1, 0.15) is 10.8 Å². The first-order valence-corrected chi connectivity index (χ1v) is 8.72. The molecule has 0 radical (unpaired) electrons. The van der Waals surface area contributed by atoms with Gasteiger partial charge in [-0.2, -0.15) is 0 Å². The molecule has 0 atom stereocenters. The normalized spacial score (nSPS) is 11.2. The number of rotatable bonds is 10. The van der Waals surface area contributed by atoms with E-state index in [4.69, 9.17) is 26.8 Å². The lowest BCUT2D eigenvalue weighted by molar-refractivity contribution is 0.0547. The highest BCUT2D eigenvalue weighted by atomic mass is 35.5. The zero-order chi connectivity index (χ0) is 18.2. The van der Waals surface area contributed by atoms with Crippen molar-refractivity contribution in [1.29, 1.82) is 0 Å². The number of H-pyrrole nitrogens is 1. The Kier molecular flexibility index (Phi) is 6.73. The number of anilines is 1. The van der Waals surface area contributed by atoms with Crippen molar-refractivity contribution in [2.75, 3.05) is 44.8 Å². The molecule has 26 heavy (non-hydrogen) atoms. The summed E-state index contributed by atoms with van der Waals surface area (Å²) >= 11 is 6.15. The molecule has 0 aliphatic carbocycles. The van der Waals surface area contributed by atoms with Crippen LogP contribution in [-0.2, 0) is 9.47 Å². The van der Waals surface area contributed by atoms with E-state index in [0.29, 0.717) is 50.6 Å². The van der Waals surface area contributed by atoms with Crippen LogP contribution in [0.1, 0.15) is 0 Å². The van der Waals surface area contributed by atoms with Gasteiger partial charge >= 0.3 is 0 Å². The number of hydrogen-bond donors (Lipinski definition) is 3. The number of nitrogens with two attached hydrogens (primary N) is 1. The highest BCUT2D eigenvalue weighted by Gasteiger charge is 2.10. The number of hydrogen-bond acceptors (Lipinski definition) is 7. The zero-order valence-electron chi connectivity index (χ0n) is 14.2. The van der Waals surface area contributed by atoms with Crippen molar-refractivity contribution in [2.24, 2.45) is 5.73 Å². The first-order chi connectivity index (χ1) is 12.8. The fourth-order valence-corrected chi connectivity index (χ4v) is 2.63. The number of pyridine rings is 1. The quantitative estimate of drug-likeness (QED) is 0.367. The summed E-state index contributed by atoms with van der Waals surface area (Å²) < 4.78 is 10.7. The molecule has 0 fully saturated rings. The third kappa shape index (κ3) is 4.89. The smallest absolute Gasteiger partial charge is 0.224 e. The van der Waals surface area contributed by atoms with E-state index in [0.717, 1.165) is 22.3 Å². The number of aromatic amines is 1. The lowest BCUT2D eigenvalue weighted by atomic mass is 10.1. The molecule has 0 unspecified atom stereocenters. The molecular formula is C17H21ClN6O2. The van der Waals surface area contributed by atoms with Gasteiger partial charge in [0.15, 0.2) is 0 Å². The fraction of sp³-hybridized carbons (Fsp3) is 0.353. The highest BCUT2D eigenvalue weighted by Crippen LogP contribution is 2.28. The van der Waals surface area contributed by atoms with Crippen LogP contribution >= 0.6 is 11.6 Å². The van der Waals surface area contributed by atoms with E-state index in [9.17, 15) is 0 Å². The molecule has 3 heterocycles. The van der Waals surface area contributed by atoms with Crippen LogP contribution in [0.2, 0.25) is 5.15 Å². The minimum Gasteiger partial charge on any atom is -0.378 e. The molecule has 0 aliphatic rings. The summed E-state index contributed by atoms with van der Waals surface area (Å²) in [6, 6.07) is 5.60. The van der Waals surface area contributed by atoms with Crippen molar-refractivity contribution < 1.29 is 9.47 Å². The molecule has 0 saturated carbocycles. The fourth-order valence-electron chi connectivity index (χ4n) is 2.44. The Morgan fingerprint density at radius 2 is 2.00 bits per heavy atom. The molecule has 0 bridgehead atoms. The Morgan fingerprint density at radius 1 is 1.15 bits per heavy atom. The van der Waals surface area contributed by atoms with Gasteiger partial charge in [-0.15, -0.1) is 0 Å². The van der Waals surface area contributed by atoms with Crippen LogP contribution in [0.4, 0.5) is 5.95 Å². The first-order valence-electron chi connectivity index (χ1n) is 8.34. The summed E-state index contributed by atoms with van der Waals surface area (Å²) in [4.78, 5) is 16.2. The lowest BCUT2D eigenvalue weighted by Crippen LogP contribution is -2.15. The minimum absolute atomic E-state index is 0.367. The molecule has 9 heteroatoms. The topological polar surface area (TPSA) is 111 Å². The van der Waals surface area contributed by atoms with Crippen molar-refractivity contribution in [1.82, 2.24) is 19.9 Å². The number of ether oxygens (including phenoxy) is 2. The van der Waals surface area contributed by atoms with Gasteiger partial charge in [-0.1, -0.05) is 11.6 Å². The van der Waals surface area contributed by atoms with E-state index < -0.39 is 0 Å². The van der Waals surface area contributed by atoms with E-state index in [2.05, 4.69) is 25.3 Å². The summed E-state index contributed by atoms with van der Waals surface area (Å²) in [5.41, 5.74) is 7.79. The first kappa shape index (κ1) is 18.5. The van der Waals surface area contributed by atoms with Crippen LogP contribution in [-0.4, -0.2) is 59.5 Å². The molecule has 138 valence electrons. The SMILES string of the molecule is NCCOCCOCCNc1nc(Cl)cc(-c2c[nH]c3ncccc23)n1. The van der Waals surface area contributed by atoms with Gasteiger partial charge in [-0.05, 0) is 12.1 Å². The maximum atomic E-state index is 6.15. The van der Waals surface area contributed by atoms with E-state index in [1.165, 1.54) is 0 Å². The molecule has 0 aromatic carbocycles. The monoisotopic (exact) mass is 376 g/mol. The van der Waals surface area contributed by atoms with E-state index in [-0.39, 0.29) is 0 Å². The summed E-state index contributed by atoms with van der Waals surface area (Å²) in [7, 11) is 0. The number of fused-ring (bicyclic) bond motifs is 1. The standard InChI is InChI=1S/C17H21ClN6O2/c18-15-10-14(13-11-22-16-12(13)2-1-4-20-16)23-17(24-15)21-5-7-26-9-8-25-6-3-19/h1-2,4,10-11H,3,5-9,19H2,(H,20,22)(H,21,23,24). The van der Waals surface area contributed by atoms with Gasteiger partial charge in [0.2, 0.25) is 5.95 Å². The largest absolute Gasteiger partial charge is 0.378 e. The maximum Gasteiger partial charge on any atom is 0.224 e. The van der Waals surface area contributed by atoms with E-state index >= 15 is 0 Å². The second kappa shape index (κ2) is 9.44. The molecule has 0 saturated heterocycles. The Balaban J connectivity index is 1.58. The number of nitrogens with one attached hydrogen (secondary N) is 2. The van der Waals surface area contributed by atoms with E-state index in [1.807, 2.05) is 18.3 Å². The molecule has 0 amide bonds. The van der Waals surface area contributed by atoms with Gasteiger partial charge in [-0.3, -0.25) is 0 Å². The predicted octanol–water partition coefficient (Wildman–Crippen LogP) is 2.08. The van der Waals surface area contributed by atoms with Crippen LogP contribution in [0.3, 0.4) is 0 Å². The van der Waals surface area contributed by atoms with Crippen LogP contribution in [0.5, 0.6) is 0 Å². The van der Waals surface area contributed by atoms with Crippen molar-refractivity contribution in [3.8, 4) is 11.3 Å². The molecule has 3 aromatic rings. The average Bonchev–Trinajstić information content (AvgIpc) is 3.08. The lowest BCUT2D eigenvalue weighted by Gasteiger charge is -2.08. The molecule has 0 aliphatic heterocycles. The Hall–Kier alpha value is -2.26. The summed E-state index contributed by atoms with van der Waals surface area (Å²) in [5.74, 6) is 0.453. The van der Waals surface area contributed by atoms with Crippen LogP contribution < -0.4 is 11.1 Å². The van der Waals surface area contributed by atoms with Gasteiger partial charge in [0, 0.05) is 42.5 Å². The number of nitrogens with zero attached hydrogens (tertiary/aromatic N) is 3.